The van der Waals surface area contributed by atoms with Crippen LogP contribution in [0.15, 0.2) is 35.7 Å². The van der Waals surface area contributed by atoms with Crippen molar-refractivity contribution in [3.63, 3.8) is 0 Å². The zero-order chi connectivity index (χ0) is 18.4. The van der Waals surface area contributed by atoms with Crippen LogP contribution in [0.2, 0.25) is 0 Å². The minimum absolute atomic E-state index is 0.160. The maximum atomic E-state index is 12.8. The first-order valence-electron chi connectivity index (χ1n) is 8.72. The Morgan fingerprint density at radius 3 is 2.77 bits per heavy atom. The molecule has 1 saturated carbocycles. The SMILES string of the molecule is C#Cc1cccc(COc2ccsc2C(=O)NC2(C#C)CCCCC2)c1. The second-order valence-electron chi connectivity index (χ2n) is 6.49. The van der Waals surface area contributed by atoms with Crippen LogP contribution in [0.25, 0.3) is 0 Å². The summed E-state index contributed by atoms with van der Waals surface area (Å²) in [5.74, 6) is 5.83. The Balaban J connectivity index is 1.68. The van der Waals surface area contributed by atoms with E-state index in [4.69, 9.17) is 17.6 Å². The van der Waals surface area contributed by atoms with Crippen LogP contribution in [-0.2, 0) is 6.61 Å². The third kappa shape index (κ3) is 4.10. The summed E-state index contributed by atoms with van der Waals surface area (Å²) < 4.78 is 5.87. The van der Waals surface area contributed by atoms with Gasteiger partial charge in [0, 0.05) is 5.56 Å². The number of ether oxygens (including phenoxy) is 1. The molecule has 1 aliphatic rings. The van der Waals surface area contributed by atoms with E-state index < -0.39 is 5.54 Å². The van der Waals surface area contributed by atoms with Gasteiger partial charge >= 0.3 is 0 Å². The van der Waals surface area contributed by atoms with E-state index in [1.807, 2.05) is 35.7 Å². The van der Waals surface area contributed by atoms with Gasteiger partial charge in [-0.1, -0.05) is 43.2 Å². The molecule has 1 fully saturated rings. The number of thiophene rings is 1. The number of carbonyl (C=O) groups is 1. The van der Waals surface area contributed by atoms with Crippen LogP contribution < -0.4 is 10.1 Å². The summed E-state index contributed by atoms with van der Waals surface area (Å²) in [5.41, 5.74) is 1.24. The minimum Gasteiger partial charge on any atom is -0.487 e. The van der Waals surface area contributed by atoms with Gasteiger partial charge in [0.15, 0.2) is 0 Å². The number of benzene rings is 1. The summed E-state index contributed by atoms with van der Waals surface area (Å²) in [7, 11) is 0. The molecule has 0 saturated heterocycles. The monoisotopic (exact) mass is 363 g/mol. The Bertz CT molecular complexity index is 863. The van der Waals surface area contributed by atoms with E-state index in [1.54, 1.807) is 0 Å². The van der Waals surface area contributed by atoms with E-state index in [9.17, 15) is 4.79 Å². The summed E-state index contributed by atoms with van der Waals surface area (Å²) in [6, 6.07) is 9.43. The van der Waals surface area contributed by atoms with Crippen LogP contribution in [0.3, 0.4) is 0 Å². The molecule has 132 valence electrons. The molecule has 0 atom stereocenters. The van der Waals surface area contributed by atoms with Crippen molar-refractivity contribution in [3.8, 4) is 30.4 Å². The second-order valence-corrected chi connectivity index (χ2v) is 7.40. The van der Waals surface area contributed by atoms with Crippen molar-refractivity contribution in [2.45, 2.75) is 44.2 Å². The summed E-state index contributed by atoms with van der Waals surface area (Å²) in [5, 5.41) is 4.92. The van der Waals surface area contributed by atoms with E-state index >= 15 is 0 Å². The molecule has 0 spiro atoms. The topological polar surface area (TPSA) is 38.3 Å². The highest BCUT2D eigenvalue weighted by Gasteiger charge is 2.32. The molecular weight excluding hydrogens is 342 g/mol. The second kappa shape index (κ2) is 8.13. The van der Waals surface area contributed by atoms with Crippen molar-refractivity contribution in [2.24, 2.45) is 0 Å². The van der Waals surface area contributed by atoms with E-state index in [1.165, 1.54) is 17.8 Å². The fourth-order valence-electron chi connectivity index (χ4n) is 3.22. The fourth-order valence-corrected chi connectivity index (χ4v) is 3.95. The van der Waals surface area contributed by atoms with Gasteiger partial charge in [-0.05, 0) is 42.0 Å². The van der Waals surface area contributed by atoms with Crippen molar-refractivity contribution >= 4 is 17.2 Å². The molecule has 26 heavy (non-hydrogen) atoms. The van der Waals surface area contributed by atoms with Gasteiger partial charge in [-0.2, -0.15) is 0 Å². The molecule has 1 N–H and O–H groups in total. The molecular formula is C22H21NO2S. The zero-order valence-corrected chi connectivity index (χ0v) is 15.4. The molecule has 3 rings (SSSR count). The Morgan fingerprint density at radius 2 is 2.04 bits per heavy atom. The number of amides is 1. The Morgan fingerprint density at radius 1 is 1.23 bits per heavy atom. The Labute approximate surface area is 158 Å². The molecule has 0 bridgehead atoms. The van der Waals surface area contributed by atoms with Crippen molar-refractivity contribution in [2.75, 3.05) is 0 Å². The van der Waals surface area contributed by atoms with Gasteiger partial charge in [-0.3, -0.25) is 4.79 Å². The van der Waals surface area contributed by atoms with Crippen molar-refractivity contribution in [1.82, 2.24) is 5.32 Å². The Kier molecular flexibility index (Phi) is 5.66. The smallest absolute Gasteiger partial charge is 0.266 e. The molecule has 4 heteroatoms. The van der Waals surface area contributed by atoms with Gasteiger partial charge in [0.2, 0.25) is 0 Å². The average Bonchev–Trinajstić information content (AvgIpc) is 3.16. The van der Waals surface area contributed by atoms with Gasteiger partial charge in [-0.25, -0.2) is 0 Å². The van der Waals surface area contributed by atoms with E-state index in [-0.39, 0.29) is 5.91 Å². The largest absolute Gasteiger partial charge is 0.487 e. The number of nitrogens with one attached hydrogen (secondary N) is 1. The molecule has 1 aliphatic carbocycles. The number of terminal acetylenes is 2. The zero-order valence-electron chi connectivity index (χ0n) is 14.6. The van der Waals surface area contributed by atoms with Crippen molar-refractivity contribution < 1.29 is 9.53 Å². The number of rotatable bonds is 5. The summed E-state index contributed by atoms with van der Waals surface area (Å²) in [6.45, 7) is 0.354. The maximum absolute atomic E-state index is 12.8. The van der Waals surface area contributed by atoms with Gasteiger partial charge < -0.3 is 10.1 Å². The fraction of sp³-hybridized carbons (Fsp3) is 0.318. The van der Waals surface area contributed by atoms with E-state index in [2.05, 4.69) is 17.2 Å². The first-order valence-corrected chi connectivity index (χ1v) is 9.60. The highest BCUT2D eigenvalue weighted by Crippen LogP contribution is 2.30. The maximum Gasteiger partial charge on any atom is 0.266 e. The molecule has 0 radical (unpaired) electrons. The standard InChI is InChI=1S/C22H21NO2S/c1-3-17-9-8-10-18(15-17)16-25-19-11-14-26-20(19)21(24)23-22(4-2)12-6-5-7-13-22/h1-2,8-11,14-15H,5-7,12-13,16H2,(H,23,24). The molecule has 2 aromatic rings. The van der Waals surface area contributed by atoms with Gasteiger partial charge in [0.05, 0.1) is 0 Å². The lowest BCUT2D eigenvalue weighted by Crippen LogP contribution is -2.48. The predicted octanol–water partition coefficient (Wildman–Crippen LogP) is 4.37. The highest BCUT2D eigenvalue weighted by molar-refractivity contribution is 7.12. The summed E-state index contributed by atoms with van der Waals surface area (Å²) >= 11 is 1.36. The molecule has 1 heterocycles. The molecule has 0 aliphatic heterocycles. The number of hydrogen-bond acceptors (Lipinski definition) is 3. The molecule has 1 amide bonds. The van der Waals surface area contributed by atoms with Crippen molar-refractivity contribution in [1.29, 1.82) is 0 Å². The van der Waals surface area contributed by atoms with Crippen molar-refractivity contribution in [3.05, 3.63) is 51.7 Å². The lowest BCUT2D eigenvalue weighted by molar-refractivity contribution is 0.0904. The quantitative estimate of drug-likeness (QED) is 0.801. The molecule has 3 nitrogen and oxygen atoms in total. The first kappa shape index (κ1) is 18.1. The van der Waals surface area contributed by atoms with Crippen LogP contribution in [0, 0.1) is 24.7 Å². The number of hydrogen-bond donors (Lipinski definition) is 1. The third-order valence-electron chi connectivity index (χ3n) is 4.66. The van der Waals surface area contributed by atoms with Gasteiger partial charge in [-0.15, -0.1) is 24.2 Å². The lowest BCUT2D eigenvalue weighted by atomic mass is 9.82. The first-order chi connectivity index (χ1) is 12.7. The Hall–Kier alpha value is -2.69. The molecule has 0 unspecified atom stereocenters. The third-order valence-corrected chi connectivity index (χ3v) is 5.55. The van der Waals surface area contributed by atoms with Gasteiger partial charge in [0.25, 0.3) is 5.91 Å². The van der Waals surface area contributed by atoms with Crippen LogP contribution in [0.5, 0.6) is 5.75 Å². The highest BCUT2D eigenvalue weighted by atomic mass is 32.1. The predicted molar refractivity (Wildman–Crippen MR) is 105 cm³/mol. The van der Waals surface area contributed by atoms with Crippen LogP contribution in [-0.4, -0.2) is 11.4 Å². The van der Waals surface area contributed by atoms with Crippen LogP contribution >= 0.6 is 11.3 Å². The van der Waals surface area contributed by atoms with Gasteiger partial charge in [0.1, 0.15) is 22.8 Å². The number of carbonyl (C=O) groups excluding carboxylic acids is 1. The average molecular weight is 363 g/mol. The molecule has 1 aromatic carbocycles. The molecule has 1 aromatic heterocycles. The van der Waals surface area contributed by atoms with E-state index in [0.717, 1.165) is 36.8 Å². The summed E-state index contributed by atoms with van der Waals surface area (Å²) in [4.78, 5) is 13.3. The van der Waals surface area contributed by atoms with Crippen LogP contribution in [0.1, 0.15) is 52.9 Å². The normalized spacial score (nSPS) is 15.5. The summed E-state index contributed by atoms with van der Waals surface area (Å²) in [6.07, 6.45) is 16.1. The van der Waals surface area contributed by atoms with Crippen LogP contribution in [0.4, 0.5) is 0 Å². The lowest BCUT2D eigenvalue weighted by Gasteiger charge is -2.33. The minimum atomic E-state index is -0.530. The van der Waals surface area contributed by atoms with E-state index in [0.29, 0.717) is 17.2 Å².